The Balaban J connectivity index is 2.45. The summed E-state index contributed by atoms with van der Waals surface area (Å²) in [6.45, 7) is 1.67. The van der Waals surface area contributed by atoms with Crippen molar-refractivity contribution in [3.05, 3.63) is 29.3 Å². The van der Waals surface area contributed by atoms with Gasteiger partial charge in [-0.25, -0.2) is 8.42 Å². The van der Waals surface area contributed by atoms with Crippen molar-refractivity contribution in [2.45, 2.75) is 37.1 Å². The Morgan fingerprint density at radius 2 is 2.14 bits per heavy atom. The Morgan fingerprint density at radius 1 is 1.48 bits per heavy atom. The van der Waals surface area contributed by atoms with Crippen molar-refractivity contribution in [1.82, 2.24) is 4.31 Å². The molecule has 116 valence electrons. The maximum absolute atomic E-state index is 12.9. The first kappa shape index (κ1) is 16.4. The van der Waals surface area contributed by atoms with E-state index in [-0.39, 0.29) is 29.1 Å². The average Bonchev–Trinajstić information content (AvgIpc) is 2.36. The molecule has 0 heterocycles. The van der Waals surface area contributed by atoms with Crippen LogP contribution in [0.5, 0.6) is 0 Å². The second-order valence-corrected chi connectivity index (χ2v) is 7.57. The van der Waals surface area contributed by atoms with Gasteiger partial charge in [0.25, 0.3) is 0 Å². The van der Waals surface area contributed by atoms with Gasteiger partial charge in [0.2, 0.25) is 10.0 Å². The van der Waals surface area contributed by atoms with Gasteiger partial charge in [-0.05, 0) is 31.4 Å². The van der Waals surface area contributed by atoms with Crippen LogP contribution in [0, 0.1) is 6.92 Å². The molecular weight excluding hydrogens is 308 g/mol. The van der Waals surface area contributed by atoms with Crippen molar-refractivity contribution in [1.29, 1.82) is 0 Å². The molecule has 0 radical (unpaired) electrons. The lowest BCUT2D eigenvalue weighted by atomic mass is 9.93. The van der Waals surface area contributed by atoms with E-state index in [9.17, 15) is 13.5 Å². The second kappa shape index (κ2) is 6.39. The molecule has 1 aliphatic rings. The van der Waals surface area contributed by atoms with E-state index in [1.54, 1.807) is 19.1 Å². The molecule has 0 saturated heterocycles. The quantitative estimate of drug-likeness (QED) is 0.766. The third-order valence-electron chi connectivity index (χ3n) is 3.86. The Morgan fingerprint density at radius 3 is 2.62 bits per heavy atom. The first-order valence-electron chi connectivity index (χ1n) is 6.91. The highest BCUT2D eigenvalue weighted by Crippen LogP contribution is 2.31. The predicted octanol–water partition coefficient (Wildman–Crippen LogP) is 1.16. The van der Waals surface area contributed by atoms with E-state index in [1.807, 2.05) is 0 Å². The molecule has 0 aromatic heterocycles. The van der Waals surface area contributed by atoms with Gasteiger partial charge >= 0.3 is 0 Å². The van der Waals surface area contributed by atoms with Gasteiger partial charge in [0.1, 0.15) is 4.99 Å². The van der Waals surface area contributed by atoms with E-state index < -0.39 is 10.0 Å². The molecule has 0 spiro atoms. The van der Waals surface area contributed by atoms with E-state index in [2.05, 4.69) is 0 Å². The fraction of sp³-hybridized carbons (Fsp3) is 0.500. The third kappa shape index (κ3) is 3.26. The van der Waals surface area contributed by atoms with Gasteiger partial charge in [-0.1, -0.05) is 30.8 Å². The van der Waals surface area contributed by atoms with Gasteiger partial charge < -0.3 is 10.8 Å². The lowest BCUT2D eigenvalue weighted by molar-refractivity contribution is 0.178. The normalized spacial score (nSPS) is 16.0. The molecule has 1 fully saturated rings. The van der Waals surface area contributed by atoms with Crippen molar-refractivity contribution < 1.29 is 13.5 Å². The van der Waals surface area contributed by atoms with Gasteiger partial charge in [0.15, 0.2) is 0 Å². The largest absolute Gasteiger partial charge is 0.395 e. The molecular formula is C14H20N2O3S2. The first-order chi connectivity index (χ1) is 9.87. The zero-order valence-electron chi connectivity index (χ0n) is 11.9. The Bertz CT molecular complexity index is 640. The van der Waals surface area contributed by atoms with Crippen LogP contribution in [0.4, 0.5) is 0 Å². The highest BCUT2D eigenvalue weighted by atomic mass is 32.2. The summed E-state index contributed by atoms with van der Waals surface area (Å²) in [6.07, 6.45) is 2.70. The van der Waals surface area contributed by atoms with Crippen LogP contribution in [0.1, 0.15) is 30.4 Å². The van der Waals surface area contributed by atoms with Crippen molar-refractivity contribution in [3.63, 3.8) is 0 Å². The van der Waals surface area contributed by atoms with Crippen molar-refractivity contribution in [2.75, 3.05) is 13.2 Å². The van der Waals surface area contributed by atoms with Crippen LogP contribution in [0.25, 0.3) is 0 Å². The van der Waals surface area contributed by atoms with Gasteiger partial charge in [0, 0.05) is 18.2 Å². The molecule has 0 amide bonds. The highest BCUT2D eigenvalue weighted by Gasteiger charge is 2.35. The maximum atomic E-state index is 12.9. The van der Waals surface area contributed by atoms with Gasteiger partial charge in [0.05, 0.1) is 11.5 Å². The molecule has 2 rings (SSSR count). The number of aliphatic hydroxyl groups is 1. The van der Waals surface area contributed by atoms with E-state index in [0.717, 1.165) is 19.3 Å². The van der Waals surface area contributed by atoms with Gasteiger partial charge in [-0.15, -0.1) is 0 Å². The minimum absolute atomic E-state index is 0.0185. The van der Waals surface area contributed by atoms with E-state index in [1.165, 1.54) is 10.4 Å². The smallest absolute Gasteiger partial charge is 0.243 e. The third-order valence-corrected chi connectivity index (χ3v) is 6.19. The maximum Gasteiger partial charge on any atom is 0.243 e. The Hall–Kier alpha value is -1.02. The summed E-state index contributed by atoms with van der Waals surface area (Å²) >= 11 is 4.92. The summed E-state index contributed by atoms with van der Waals surface area (Å²) in [7, 11) is -3.65. The summed E-state index contributed by atoms with van der Waals surface area (Å²) < 4.78 is 27.2. The summed E-state index contributed by atoms with van der Waals surface area (Å²) in [4.78, 5) is 0.386. The lowest BCUT2D eigenvalue weighted by Crippen LogP contribution is -2.45. The van der Waals surface area contributed by atoms with Crippen LogP contribution in [0.3, 0.4) is 0 Å². The fourth-order valence-corrected chi connectivity index (χ4v) is 4.49. The standard InChI is InChI=1S/C14H20N2O3S2/c1-10-5-6-11(14(15)20)9-13(10)21(18,19)16(7-8-17)12-3-2-4-12/h5-6,9,12,17H,2-4,7-8H2,1H3,(H2,15,20). The van der Waals surface area contributed by atoms with Crippen molar-refractivity contribution in [3.8, 4) is 0 Å². The van der Waals surface area contributed by atoms with Crippen LogP contribution in [-0.4, -0.2) is 42.0 Å². The summed E-state index contributed by atoms with van der Waals surface area (Å²) in [5.41, 5.74) is 6.78. The van der Waals surface area contributed by atoms with E-state index in [4.69, 9.17) is 18.0 Å². The summed E-state index contributed by atoms with van der Waals surface area (Å²) in [5.74, 6) is 0. The van der Waals surface area contributed by atoms with Crippen LogP contribution in [0.2, 0.25) is 0 Å². The number of hydrogen-bond donors (Lipinski definition) is 2. The highest BCUT2D eigenvalue weighted by molar-refractivity contribution is 7.89. The molecule has 1 aliphatic carbocycles. The Kier molecular flexibility index (Phi) is 4.98. The SMILES string of the molecule is Cc1ccc(C(N)=S)cc1S(=O)(=O)N(CCO)C1CCC1. The van der Waals surface area contributed by atoms with Crippen LogP contribution >= 0.6 is 12.2 Å². The molecule has 0 bridgehead atoms. The monoisotopic (exact) mass is 328 g/mol. The molecule has 1 aromatic carbocycles. The zero-order valence-corrected chi connectivity index (χ0v) is 13.6. The molecule has 0 unspecified atom stereocenters. The number of aliphatic hydroxyl groups excluding tert-OH is 1. The number of sulfonamides is 1. The number of aryl methyl sites for hydroxylation is 1. The van der Waals surface area contributed by atoms with Crippen LogP contribution in [-0.2, 0) is 10.0 Å². The zero-order chi connectivity index (χ0) is 15.6. The molecule has 21 heavy (non-hydrogen) atoms. The molecule has 5 nitrogen and oxygen atoms in total. The molecule has 0 atom stereocenters. The van der Waals surface area contributed by atoms with Gasteiger partial charge in [-0.3, -0.25) is 0 Å². The van der Waals surface area contributed by atoms with E-state index in [0.29, 0.717) is 11.1 Å². The minimum atomic E-state index is -3.65. The summed E-state index contributed by atoms with van der Waals surface area (Å²) in [6, 6.07) is 4.93. The van der Waals surface area contributed by atoms with Crippen LogP contribution < -0.4 is 5.73 Å². The average molecular weight is 328 g/mol. The Labute approximate surface area is 130 Å². The number of benzene rings is 1. The predicted molar refractivity (Wildman–Crippen MR) is 85.7 cm³/mol. The van der Waals surface area contributed by atoms with Crippen molar-refractivity contribution in [2.24, 2.45) is 5.73 Å². The number of nitrogens with zero attached hydrogens (tertiary/aromatic N) is 1. The molecule has 0 aliphatic heterocycles. The number of thiocarbonyl (C=S) groups is 1. The number of nitrogens with two attached hydrogens (primary N) is 1. The summed E-state index contributed by atoms with van der Waals surface area (Å²) in [5, 5.41) is 9.18. The molecule has 3 N–H and O–H groups in total. The molecule has 7 heteroatoms. The molecule has 1 aromatic rings. The van der Waals surface area contributed by atoms with Crippen LogP contribution in [0.15, 0.2) is 23.1 Å². The van der Waals surface area contributed by atoms with Gasteiger partial charge in [-0.2, -0.15) is 4.31 Å². The topological polar surface area (TPSA) is 83.6 Å². The number of rotatable bonds is 6. The van der Waals surface area contributed by atoms with E-state index >= 15 is 0 Å². The van der Waals surface area contributed by atoms with Crippen molar-refractivity contribution >= 4 is 27.2 Å². The fourth-order valence-electron chi connectivity index (χ4n) is 2.43. The minimum Gasteiger partial charge on any atom is -0.395 e. The second-order valence-electron chi connectivity index (χ2n) is 5.27. The molecule has 1 saturated carbocycles. The lowest BCUT2D eigenvalue weighted by Gasteiger charge is -2.36. The first-order valence-corrected chi connectivity index (χ1v) is 8.76. The number of hydrogen-bond acceptors (Lipinski definition) is 4.